The van der Waals surface area contributed by atoms with Crippen molar-refractivity contribution in [3.05, 3.63) is 28.4 Å². The van der Waals surface area contributed by atoms with Gasteiger partial charge in [0, 0.05) is 5.56 Å². The van der Waals surface area contributed by atoms with E-state index in [0.717, 1.165) is 31.2 Å². The lowest BCUT2D eigenvalue weighted by molar-refractivity contribution is 0.436. The van der Waals surface area contributed by atoms with Crippen molar-refractivity contribution in [1.29, 1.82) is 0 Å². The molecular formula is C14H15ClN2O2. The molecule has 4 nitrogen and oxygen atoms in total. The number of nitrogen functional groups attached to an aromatic ring is 1. The van der Waals surface area contributed by atoms with Gasteiger partial charge < -0.3 is 15.4 Å². The van der Waals surface area contributed by atoms with Crippen LogP contribution >= 0.6 is 11.6 Å². The molecule has 19 heavy (non-hydrogen) atoms. The molecule has 0 saturated heterocycles. The zero-order valence-electron chi connectivity index (χ0n) is 10.4. The Labute approximate surface area is 116 Å². The highest BCUT2D eigenvalue weighted by Gasteiger charge is 2.21. The summed E-state index contributed by atoms with van der Waals surface area (Å²) in [5, 5.41) is 14.4. The third-order valence-corrected chi connectivity index (χ3v) is 4.10. The highest BCUT2D eigenvalue weighted by atomic mass is 35.5. The number of nitrogens with zero attached hydrogens (tertiary/aromatic N) is 1. The Balaban J connectivity index is 2.19. The lowest BCUT2D eigenvalue weighted by Crippen LogP contribution is -1.95. The minimum atomic E-state index is 0.0669. The number of phenols is 1. The smallest absolute Gasteiger partial charge is 0.230 e. The lowest BCUT2D eigenvalue weighted by atomic mass is 9.96. The zero-order chi connectivity index (χ0) is 13.4. The summed E-state index contributed by atoms with van der Waals surface area (Å²) in [7, 11) is 0. The Bertz CT molecular complexity index is 622. The van der Waals surface area contributed by atoms with Gasteiger partial charge in [0.25, 0.3) is 0 Å². The number of hydrogen-bond donors (Lipinski definition) is 2. The number of benzene rings is 1. The summed E-state index contributed by atoms with van der Waals surface area (Å²) in [6.07, 6.45) is 6.85. The molecule has 1 aliphatic rings. The Morgan fingerprint density at radius 1 is 1.21 bits per heavy atom. The van der Waals surface area contributed by atoms with Crippen molar-refractivity contribution in [2.45, 2.75) is 32.1 Å². The molecule has 1 aliphatic carbocycles. The van der Waals surface area contributed by atoms with Crippen LogP contribution in [-0.4, -0.2) is 10.3 Å². The molecule has 1 aromatic heterocycles. The molecule has 0 radical (unpaired) electrons. The fraction of sp³-hybridized carbons (Fsp3) is 0.357. The Morgan fingerprint density at radius 3 is 2.74 bits per heavy atom. The van der Waals surface area contributed by atoms with Crippen LogP contribution in [0.25, 0.3) is 11.1 Å². The number of rotatable bonds is 1. The van der Waals surface area contributed by atoms with Gasteiger partial charge >= 0.3 is 0 Å². The van der Waals surface area contributed by atoms with Gasteiger partial charge in [0.15, 0.2) is 0 Å². The summed E-state index contributed by atoms with van der Waals surface area (Å²) in [5.74, 6) is 0.261. The molecule has 0 fully saturated rings. The average molecular weight is 279 g/mol. The third kappa shape index (κ3) is 2.06. The van der Waals surface area contributed by atoms with Gasteiger partial charge in [-0.1, -0.05) is 23.2 Å². The van der Waals surface area contributed by atoms with E-state index < -0.39 is 0 Å². The number of hydrogen-bond acceptors (Lipinski definition) is 4. The number of halogens is 1. The van der Waals surface area contributed by atoms with Gasteiger partial charge in [-0.3, -0.25) is 0 Å². The van der Waals surface area contributed by atoms with E-state index in [1.54, 1.807) is 0 Å². The molecular weight excluding hydrogens is 264 g/mol. The van der Waals surface area contributed by atoms with Gasteiger partial charge in [0.05, 0.1) is 16.8 Å². The fourth-order valence-electron chi connectivity index (χ4n) is 2.68. The molecule has 0 unspecified atom stereocenters. The summed E-state index contributed by atoms with van der Waals surface area (Å²) in [4.78, 5) is 0. The largest absolute Gasteiger partial charge is 0.506 e. The highest BCUT2D eigenvalue weighted by molar-refractivity contribution is 6.33. The number of aromatic hydroxyl groups is 1. The van der Waals surface area contributed by atoms with Crippen molar-refractivity contribution in [1.82, 2.24) is 5.16 Å². The lowest BCUT2D eigenvalue weighted by Gasteiger charge is -2.13. The van der Waals surface area contributed by atoms with Crippen molar-refractivity contribution >= 4 is 17.5 Å². The van der Waals surface area contributed by atoms with Crippen LogP contribution in [0.4, 0.5) is 5.88 Å². The third-order valence-electron chi connectivity index (χ3n) is 3.70. The van der Waals surface area contributed by atoms with Crippen LogP contribution in [0.2, 0.25) is 5.02 Å². The first-order valence-corrected chi connectivity index (χ1v) is 6.80. The summed E-state index contributed by atoms with van der Waals surface area (Å²) in [5.41, 5.74) is 9.16. The van der Waals surface area contributed by atoms with E-state index in [4.69, 9.17) is 21.9 Å². The number of anilines is 1. The van der Waals surface area contributed by atoms with Crippen molar-refractivity contribution in [2.75, 3.05) is 5.73 Å². The molecule has 2 aromatic rings. The first-order valence-electron chi connectivity index (χ1n) is 6.42. The van der Waals surface area contributed by atoms with Crippen LogP contribution in [0.1, 0.15) is 30.4 Å². The minimum Gasteiger partial charge on any atom is -0.506 e. The molecule has 3 N–H and O–H groups in total. The average Bonchev–Trinajstić information content (AvgIpc) is 2.68. The summed E-state index contributed by atoms with van der Waals surface area (Å²) < 4.78 is 4.86. The molecule has 0 aliphatic heterocycles. The molecule has 0 spiro atoms. The summed E-state index contributed by atoms with van der Waals surface area (Å²) in [6, 6.07) is 1.96. The van der Waals surface area contributed by atoms with Crippen molar-refractivity contribution in [3.63, 3.8) is 0 Å². The van der Waals surface area contributed by atoms with E-state index in [2.05, 4.69) is 5.16 Å². The Hall–Kier alpha value is -1.68. The second-order valence-corrected chi connectivity index (χ2v) is 5.27. The Kier molecular flexibility index (Phi) is 3.11. The highest BCUT2D eigenvalue weighted by Crippen LogP contribution is 2.42. The molecule has 100 valence electrons. The van der Waals surface area contributed by atoms with Crippen LogP contribution in [0, 0.1) is 0 Å². The van der Waals surface area contributed by atoms with Crippen molar-refractivity contribution in [3.8, 4) is 16.9 Å². The first kappa shape index (κ1) is 12.4. The van der Waals surface area contributed by atoms with E-state index in [0.29, 0.717) is 16.1 Å². The second kappa shape index (κ2) is 4.78. The van der Waals surface area contributed by atoms with E-state index in [1.807, 2.05) is 6.07 Å². The topological polar surface area (TPSA) is 72.3 Å². The Morgan fingerprint density at radius 2 is 2.00 bits per heavy atom. The molecule has 1 heterocycles. The standard InChI is InChI=1S/C14H15ClN2O2/c15-12-9-5-3-1-2-4-8(9)6-10(13(12)18)11-7-17-19-14(11)16/h6-7,18H,1-5,16H2. The first-order chi connectivity index (χ1) is 9.18. The number of aryl methyl sites for hydroxylation is 1. The number of fused-ring (bicyclic) bond motifs is 1. The predicted octanol–water partition coefficient (Wildman–Crippen LogP) is 3.55. The SMILES string of the molecule is Nc1oncc1-c1cc2c(c(Cl)c1O)CCCCC2. The van der Waals surface area contributed by atoms with Crippen molar-refractivity contribution in [2.24, 2.45) is 0 Å². The van der Waals surface area contributed by atoms with Gasteiger partial charge in [-0.15, -0.1) is 0 Å². The number of aromatic nitrogens is 1. The van der Waals surface area contributed by atoms with Gasteiger partial charge in [0.2, 0.25) is 5.88 Å². The molecule has 0 saturated carbocycles. The van der Waals surface area contributed by atoms with E-state index in [-0.39, 0.29) is 11.6 Å². The zero-order valence-corrected chi connectivity index (χ0v) is 11.2. The van der Waals surface area contributed by atoms with Crippen LogP contribution in [0.3, 0.4) is 0 Å². The van der Waals surface area contributed by atoms with Gasteiger partial charge in [-0.05, 0) is 42.9 Å². The van der Waals surface area contributed by atoms with Gasteiger partial charge in [-0.25, -0.2) is 0 Å². The summed E-state index contributed by atoms with van der Waals surface area (Å²) >= 11 is 6.32. The number of nitrogens with two attached hydrogens (primary N) is 1. The molecule has 3 rings (SSSR count). The van der Waals surface area contributed by atoms with Crippen molar-refractivity contribution < 1.29 is 9.63 Å². The minimum absolute atomic E-state index is 0.0669. The molecule has 0 bridgehead atoms. The van der Waals surface area contributed by atoms with E-state index in [1.165, 1.54) is 18.2 Å². The van der Waals surface area contributed by atoms with E-state index in [9.17, 15) is 5.11 Å². The van der Waals surface area contributed by atoms with Gasteiger partial charge in [0.1, 0.15) is 5.75 Å². The second-order valence-electron chi connectivity index (χ2n) is 4.89. The summed E-state index contributed by atoms with van der Waals surface area (Å²) in [6.45, 7) is 0. The maximum absolute atomic E-state index is 10.3. The predicted molar refractivity (Wildman–Crippen MR) is 74.3 cm³/mol. The van der Waals surface area contributed by atoms with Crippen LogP contribution in [0.15, 0.2) is 16.8 Å². The maximum atomic E-state index is 10.3. The molecule has 1 aromatic carbocycles. The van der Waals surface area contributed by atoms with Crippen LogP contribution in [0.5, 0.6) is 5.75 Å². The van der Waals surface area contributed by atoms with Crippen LogP contribution < -0.4 is 5.73 Å². The molecule has 5 heteroatoms. The quantitative estimate of drug-likeness (QED) is 0.783. The normalized spacial score (nSPS) is 15.0. The maximum Gasteiger partial charge on any atom is 0.230 e. The van der Waals surface area contributed by atoms with E-state index >= 15 is 0 Å². The molecule has 0 atom stereocenters. The number of phenolic OH excluding ortho intramolecular Hbond substituents is 1. The van der Waals surface area contributed by atoms with Gasteiger partial charge in [-0.2, -0.15) is 0 Å². The molecule has 0 amide bonds. The fourth-order valence-corrected chi connectivity index (χ4v) is 2.99. The monoisotopic (exact) mass is 278 g/mol. The van der Waals surface area contributed by atoms with Crippen LogP contribution in [-0.2, 0) is 12.8 Å².